The number of nitrogens with one attached hydrogen (secondary N) is 1. The molecule has 0 unspecified atom stereocenters. The maximum Gasteiger partial charge on any atom is 0.337 e. The smallest absolute Gasteiger partial charge is 0.337 e. The molecule has 5 nitrogen and oxygen atoms in total. The van der Waals surface area contributed by atoms with Gasteiger partial charge in [-0.3, -0.25) is 0 Å². The van der Waals surface area contributed by atoms with E-state index < -0.39 is 5.97 Å². The van der Waals surface area contributed by atoms with E-state index in [1.807, 2.05) is 24.3 Å². The van der Waals surface area contributed by atoms with Gasteiger partial charge >= 0.3 is 5.97 Å². The number of halogens is 1. The van der Waals surface area contributed by atoms with Crippen LogP contribution in [0.1, 0.15) is 10.4 Å². The largest absolute Gasteiger partial charge is 0.492 e. The number of aromatic nitrogens is 1. The third-order valence-corrected chi connectivity index (χ3v) is 3.86. The predicted octanol–water partition coefficient (Wildman–Crippen LogP) is 3.52. The van der Waals surface area contributed by atoms with Crippen LogP contribution in [0.4, 0.5) is 0 Å². The fourth-order valence-electron chi connectivity index (χ4n) is 2.45. The summed E-state index contributed by atoms with van der Waals surface area (Å²) >= 11 is 6.33. The van der Waals surface area contributed by atoms with Crippen molar-refractivity contribution >= 4 is 28.5 Å². The summed E-state index contributed by atoms with van der Waals surface area (Å²) in [4.78, 5) is 14.2. The van der Waals surface area contributed by atoms with Crippen molar-refractivity contribution in [2.75, 3.05) is 13.2 Å². The second-order valence-corrected chi connectivity index (χ2v) is 5.45. The van der Waals surface area contributed by atoms with Crippen LogP contribution >= 0.6 is 11.6 Å². The summed E-state index contributed by atoms with van der Waals surface area (Å²) in [6.07, 6.45) is 1.47. The standard InChI is InChI=1S/C17H15ClN2O3/c18-15-8-16-13(14(9-20-16)17(21)22)7-12(15)10-1-3-11(4-2-10)23-6-5-19/h1-4,7-9,20H,5-6,19H2,(H,21,22). The zero-order valence-corrected chi connectivity index (χ0v) is 12.9. The molecule has 3 aromatic rings. The average molecular weight is 331 g/mol. The van der Waals surface area contributed by atoms with Crippen LogP contribution in [0.15, 0.2) is 42.6 Å². The van der Waals surface area contributed by atoms with Crippen molar-refractivity contribution in [2.45, 2.75) is 0 Å². The number of aromatic carboxylic acids is 1. The number of H-pyrrole nitrogens is 1. The minimum Gasteiger partial charge on any atom is -0.492 e. The lowest BCUT2D eigenvalue weighted by atomic mass is 10.0. The summed E-state index contributed by atoms with van der Waals surface area (Å²) in [6, 6.07) is 10.9. The number of hydrogen-bond donors (Lipinski definition) is 3. The van der Waals surface area contributed by atoms with Gasteiger partial charge in [0.15, 0.2) is 0 Å². The number of rotatable bonds is 5. The van der Waals surface area contributed by atoms with Crippen molar-refractivity contribution in [1.29, 1.82) is 0 Å². The Bertz CT molecular complexity index is 856. The topological polar surface area (TPSA) is 88.3 Å². The molecule has 0 saturated heterocycles. The summed E-state index contributed by atoms with van der Waals surface area (Å²) in [7, 11) is 0. The first kappa shape index (κ1) is 15.4. The Morgan fingerprint density at radius 3 is 2.65 bits per heavy atom. The Hall–Kier alpha value is -2.50. The van der Waals surface area contributed by atoms with Crippen LogP contribution in [0.2, 0.25) is 5.02 Å². The van der Waals surface area contributed by atoms with Crippen molar-refractivity contribution in [2.24, 2.45) is 5.73 Å². The van der Waals surface area contributed by atoms with Gasteiger partial charge < -0.3 is 20.6 Å². The van der Waals surface area contributed by atoms with E-state index in [0.29, 0.717) is 29.1 Å². The zero-order valence-electron chi connectivity index (χ0n) is 12.2. The van der Waals surface area contributed by atoms with E-state index in [2.05, 4.69) is 4.98 Å². The van der Waals surface area contributed by atoms with Crippen LogP contribution in [0.5, 0.6) is 5.75 Å². The maximum atomic E-state index is 11.3. The molecule has 118 valence electrons. The lowest BCUT2D eigenvalue weighted by Gasteiger charge is -2.08. The fourth-order valence-corrected chi connectivity index (χ4v) is 2.72. The fraction of sp³-hybridized carbons (Fsp3) is 0.118. The second kappa shape index (κ2) is 6.32. The van der Waals surface area contributed by atoms with Crippen LogP contribution in [0.25, 0.3) is 22.0 Å². The molecule has 0 aliphatic carbocycles. The third-order valence-electron chi connectivity index (χ3n) is 3.55. The molecule has 6 heteroatoms. The van der Waals surface area contributed by atoms with Gasteiger partial charge in [-0.25, -0.2) is 4.79 Å². The zero-order chi connectivity index (χ0) is 16.4. The number of carboxylic acid groups (broad SMARTS) is 1. The highest BCUT2D eigenvalue weighted by Crippen LogP contribution is 2.34. The number of aromatic amines is 1. The van der Waals surface area contributed by atoms with Crippen molar-refractivity contribution in [3.63, 3.8) is 0 Å². The molecule has 3 rings (SSSR count). The van der Waals surface area contributed by atoms with Crippen molar-refractivity contribution < 1.29 is 14.6 Å². The van der Waals surface area contributed by atoms with Gasteiger partial charge in [0.25, 0.3) is 0 Å². The van der Waals surface area contributed by atoms with Gasteiger partial charge in [-0.15, -0.1) is 0 Å². The highest BCUT2D eigenvalue weighted by molar-refractivity contribution is 6.34. The maximum absolute atomic E-state index is 11.3. The first-order valence-corrected chi connectivity index (χ1v) is 7.45. The van der Waals surface area contributed by atoms with E-state index in [0.717, 1.165) is 16.9 Å². The van der Waals surface area contributed by atoms with Gasteiger partial charge in [-0.1, -0.05) is 23.7 Å². The van der Waals surface area contributed by atoms with E-state index in [1.165, 1.54) is 6.20 Å². The Morgan fingerprint density at radius 1 is 1.26 bits per heavy atom. The molecule has 0 aliphatic rings. The average Bonchev–Trinajstić information content (AvgIpc) is 2.95. The third kappa shape index (κ3) is 3.02. The highest BCUT2D eigenvalue weighted by Gasteiger charge is 2.14. The van der Waals surface area contributed by atoms with Crippen molar-refractivity contribution in [3.8, 4) is 16.9 Å². The Kier molecular flexibility index (Phi) is 4.23. The SMILES string of the molecule is NCCOc1ccc(-c2cc3c(C(=O)O)c[nH]c3cc2Cl)cc1. The lowest BCUT2D eigenvalue weighted by molar-refractivity contribution is 0.0699. The molecule has 0 amide bonds. The van der Waals surface area contributed by atoms with Crippen molar-refractivity contribution in [3.05, 3.63) is 53.2 Å². The molecule has 0 radical (unpaired) electrons. The molecule has 0 fully saturated rings. The molecule has 0 spiro atoms. The Labute approximate surface area is 137 Å². The number of ether oxygens (including phenoxy) is 1. The molecule has 0 bridgehead atoms. The second-order valence-electron chi connectivity index (χ2n) is 5.05. The van der Waals surface area contributed by atoms with Crippen LogP contribution in [0.3, 0.4) is 0 Å². The Balaban J connectivity index is 2.03. The first-order valence-electron chi connectivity index (χ1n) is 7.07. The van der Waals surface area contributed by atoms with E-state index in [4.69, 9.17) is 22.1 Å². The number of benzene rings is 2. The highest BCUT2D eigenvalue weighted by atomic mass is 35.5. The molecule has 23 heavy (non-hydrogen) atoms. The Morgan fingerprint density at radius 2 is 2.00 bits per heavy atom. The van der Waals surface area contributed by atoms with Crippen molar-refractivity contribution in [1.82, 2.24) is 4.98 Å². The number of carbonyl (C=O) groups is 1. The lowest BCUT2D eigenvalue weighted by Crippen LogP contribution is -2.10. The number of fused-ring (bicyclic) bond motifs is 1. The van der Waals surface area contributed by atoms with E-state index in [1.54, 1.807) is 12.1 Å². The van der Waals surface area contributed by atoms with Crippen LogP contribution in [-0.4, -0.2) is 29.2 Å². The van der Waals surface area contributed by atoms with Gasteiger partial charge in [0.05, 0.1) is 10.6 Å². The summed E-state index contributed by atoms with van der Waals surface area (Å²) in [5.41, 5.74) is 7.98. The normalized spacial score (nSPS) is 10.9. The van der Waals surface area contributed by atoms with Crippen LogP contribution in [0, 0.1) is 0 Å². The van der Waals surface area contributed by atoms with Crippen LogP contribution in [-0.2, 0) is 0 Å². The summed E-state index contributed by atoms with van der Waals surface area (Å²) in [6.45, 7) is 0.910. The van der Waals surface area contributed by atoms with E-state index in [9.17, 15) is 9.90 Å². The van der Waals surface area contributed by atoms with Gasteiger partial charge in [0, 0.05) is 29.2 Å². The van der Waals surface area contributed by atoms with Gasteiger partial charge in [-0.2, -0.15) is 0 Å². The molecular formula is C17H15ClN2O3. The number of nitrogens with two attached hydrogens (primary N) is 1. The van der Waals surface area contributed by atoms with E-state index in [-0.39, 0.29) is 5.56 Å². The van der Waals surface area contributed by atoms with E-state index >= 15 is 0 Å². The summed E-state index contributed by atoms with van der Waals surface area (Å²) < 4.78 is 5.44. The van der Waals surface area contributed by atoms with Gasteiger partial charge in [0.2, 0.25) is 0 Å². The summed E-state index contributed by atoms with van der Waals surface area (Å²) in [5.74, 6) is -0.251. The molecule has 1 aromatic heterocycles. The minimum atomic E-state index is -0.977. The molecule has 1 heterocycles. The molecular weight excluding hydrogens is 316 g/mol. The molecule has 0 aliphatic heterocycles. The molecule has 4 N–H and O–H groups in total. The summed E-state index contributed by atoms with van der Waals surface area (Å²) in [5, 5.41) is 10.4. The molecule has 0 saturated carbocycles. The van der Waals surface area contributed by atoms with Crippen LogP contribution < -0.4 is 10.5 Å². The predicted molar refractivity (Wildman–Crippen MR) is 90.3 cm³/mol. The first-order chi connectivity index (χ1) is 11.1. The number of hydrogen-bond acceptors (Lipinski definition) is 3. The van der Waals surface area contributed by atoms with Gasteiger partial charge in [0.1, 0.15) is 12.4 Å². The molecule has 2 aromatic carbocycles. The monoisotopic (exact) mass is 330 g/mol. The quantitative estimate of drug-likeness (QED) is 0.667. The molecule has 0 atom stereocenters. The van der Waals surface area contributed by atoms with Gasteiger partial charge in [-0.05, 0) is 29.8 Å². The number of carboxylic acids is 1. The minimum absolute atomic E-state index is 0.223.